The molecule has 14 heavy (non-hydrogen) atoms. The van der Waals surface area contributed by atoms with E-state index < -0.39 is 0 Å². The Morgan fingerprint density at radius 2 is 2.00 bits per heavy atom. The van der Waals surface area contributed by atoms with E-state index in [9.17, 15) is 0 Å². The Morgan fingerprint density at radius 1 is 1.43 bits per heavy atom. The Bertz CT molecular complexity index is 183. The smallest absolute Gasteiger partial charge is 0.0841 e. The molecule has 0 aromatic carbocycles. The van der Waals surface area contributed by atoms with Gasteiger partial charge >= 0.3 is 0 Å². The molecule has 0 aliphatic rings. The molecule has 0 saturated heterocycles. The van der Waals surface area contributed by atoms with Crippen LogP contribution in [0.4, 0.5) is 0 Å². The first-order chi connectivity index (χ1) is 6.40. The zero-order valence-electron chi connectivity index (χ0n) is 10.2. The highest BCUT2D eigenvalue weighted by Gasteiger charge is 2.24. The number of hydrogen-bond donors (Lipinski definition) is 0. The molecule has 0 rings (SSSR count). The van der Waals surface area contributed by atoms with Crippen LogP contribution in [0.1, 0.15) is 53.9 Å². The standard InChI is InChI=1S/C12H23BBr/c1-6-7-8-9-11(14)13-12(4,5)10(2)3/h9-10H,6-8H2,1-5H3/b11-9-. The van der Waals surface area contributed by atoms with Gasteiger partial charge in [0.15, 0.2) is 7.28 Å². The third-order valence-corrected chi connectivity index (χ3v) is 3.45. The average molecular weight is 258 g/mol. The maximum atomic E-state index is 3.62. The number of rotatable bonds is 6. The van der Waals surface area contributed by atoms with E-state index in [-0.39, 0.29) is 5.31 Å². The summed E-state index contributed by atoms with van der Waals surface area (Å²) in [6, 6.07) is 0. The molecule has 0 saturated carbocycles. The normalized spacial score (nSPS) is 13.5. The molecule has 0 amide bonds. The molecule has 81 valence electrons. The molecule has 1 radical (unpaired) electrons. The quantitative estimate of drug-likeness (QED) is 0.466. The molecule has 0 aromatic rings. The van der Waals surface area contributed by atoms with E-state index >= 15 is 0 Å². The van der Waals surface area contributed by atoms with Gasteiger partial charge in [-0.25, -0.2) is 0 Å². The first kappa shape index (κ1) is 14.3. The Balaban J connectivity index is 4.03. The lowest BCUT2D eigenvalue weighted by molar-refractivity contribution is 0.476. The van der Waals surface area contributed by atoms with Gasteiger partial charge in [0.1, 0.15) is 0 Å². The molecule has 0 nitrogen and oxygen atoms in total. The highest BCUT2D eigenvalue weighted by atomic mass is 79.9. The molecular formula is C12H23BBr. The average Bonchev–Trinajstić information content (AvgIpc) is 2.03. The molecule has 0 spiro atoms. The Hall–Kier alpha value is 0.285. The summed E-state index contributed by atoms with van der Waals surface area (Å²) in [6.45, 7) is 11.3. The van der Waals surface area contributed by atoms with Crippen LogP contribution in [0.25, 0.3) is 0 Å². The van der Waals surface area contributed by atoms with Crippen molar-refractivity contribution < 1.29 is 0 Å². The predicted molar refractivity (Wildman–Crippen MR) is 71.2 cm³/mol. The first-order valence-corrected chi connectivity index (χ1v) is 6.41. The van der Waals surface area contributed by atoms with E-state index in [0.717, 1.165) is 0 Å². The number of unbranched alkanes of at least 4 members (excludes halogenated alkanes) is 2. The van der Waals surface area contributed by atoms with Crippen LogP contribution in [-0.4, -0.2) is 7.28 Å². The second kappa shape index (κ2) is 6.71. The summed E-state index contributed by atoms with van der Waals surface area (Å²) >= 11 is 3.62. The highest BCUT2D eigenvalue weighted by molar-refractivity contribution is 9.12. The minimum atomic E-state index is 0.279. The Morgan fingerprint density at radius 3 is 2.43 bits per heavy atom. The van der Waals surface area contributed by atoms with Crippen LogP contribution in [0.15, 0.2) is 10.5 Å². The van der Waals surface area contributed by atoms with E-state index in [0.29, 0.717) is 5.92 Å². The van der Waals surface area contributed by atoms with Gasteiger partial charge in [0.2, 0.25) is 0 Å². The van der Waals surface area contributed by atoms with Crippen LogP contribution < -0.4 is 0 Å². The fourth-order valence-electron chi connectivity index (χ4n) is 1.03. The third kappa shape index (κ3) is 5.90. The second-order valence-corrected chi connectivity index (χ2v) is 5.77. The molecule has 0 aliphatic heterocycles. The molecule has 0 N–H and O–H groups in total. The largest absolute Gasteiger partial charge is 0.167 e. The van der Waals surface area contributed by atoms with Crippen molar-refractivity contribution in [1.29, 1.82) is 0 Å². The lowest BCUT2D eigenvalue weighted by Crippen LogP contribution is -2.19. The van der Waals surface area contributed by atoms with Gasteiger partial charge in [-0.05, 0) is 16.7 Å². The Kier molecular flexibility index (Phi) is 6.85. The minimum absolute atomic E-state index is 0.279. The van der Waals surface area contributed by atoms with Crippen LogP contribution in [0.3, 0.4) is 0 Å². The van der Waals surface area contributed by atoms with E-state index in [2.05, 4.69) is 63.9 Å². The molecule has 0 unspecified atom stereocenters. The van der Waals surface area contributed by atoms with Gasteiger partial charge in [-0.3, -0.25) is 0 Å². The molecule has 2 heteroatoms. The van der Waals surface area contributed by atoms with Gasteiger partial charge in [-0.15, -0.1) is 0 Å². The van der Waals surface area contributed by atoms with E-state index in [4.69, 9.17) is 0 Å². The number of halogens is 1. The second-order valence-electron chi connectivity index (χ2n) is 4.85. The van der Waals surface area contributed by atoms with Crippen molar-refractivity contribution in [3.8, 4) is 0 Å². The van der Waals surface area contributed by atoms with Crippen molar-refractivity contribution in [1.82, 2.24) is 0 Å². The van der Waals surface area contributed by atoms with Crippen molar-refractivity contribution >= 4 is 23.2 Å². The zero-order chi connectivity index (χ0) is 11.2. The number of allylic oxidation sites excluding steroid dienone is 1. The maximum Gasteiger partial charge on any atom is 0.167 e. The summed E-state index contributed by atoms with van der Waals surface area (Å²) in [5.41, 5.74) is 0. The summed E-state index contributed by atoms with van der Waals surface area (Å²) in [5.74, 6) is 0.676. The summed E-state index contributed by atoms with van der Waals surface area (Å²) in [4.78, 5) is 0. The van der Waals surface area contributed by atoms with Crippen LogP contribution in [0.2, 0.25) is 5.31 Å². The van der Waals surface area contributed by atoms with Gasteiger partial charge in [-0.2, -0.15) is 0 Å². The van der Waals surface area contributed by atoms with Gasteiger partial charge in [0.25, 0.3) is 0 Å². The van der Waals surface area contributed by atoms with E-state index in [1.54, 1.807) is 0 Å². The monoisotopic (exact) mass is 257 g/mol. The Labute approximate surface area is 98.9 Å². The lowest BCUT2D eigenvalue weighted by Gasteiger charge is -2.28. The zero-order valence-corrected chi connectivity index (χ0v) is 11.8. The summed E-state index contributed by atoms with van der Waals surface area (Å²) in [6.07, 6.45) is 6.02. The molecule has 0 aliphatic carbocycles. The first-order valence-electron chi connectivity index (χ1n) is 5.61. The van der Waals surface area contributed by atoms with E-state index in [1.807, 2.05) is 0 Å². The summed E-state index contributed by atoms with van der Waals surface area (Å²) < 4.78 is 1.25. The predicted octanol–water partition coefficient (Wildman–Crippen LogP) is 4.97. The van der Waals surface area contributed by atoms with Gasteiger partial charge in [-0.1, -0.05) is 74.8 Å². The molecule has 0 bridgehead atoms. The van der Waals surface area contributed by atoms with E-state index in [1.165, 1.54) is 23.6 Å². The lowest BCUT2D eigenvalue weighted by atomic mass is 9.49. The fourth-order valence-corrected chi connectivity index (χ4v) is 1.84. The molecule has 0 heterocycles. The topological polar surface area (TPSA) is 0 Å². The third-order valence-electron chi connectivity index (χ3n) is 2.89. The maximum absolute atomic E-state index is 3.62. The van der Waals surface area contributed by atoms with Crippen molar-refractivity contribution in [2.45, 2.75) is 59.2 Å². The van der Waals surface area contributed by atoms with Crippen molar-refractivity contribution in [2.24, 2.45) is 5.92 Å². The van der Waals surface area contributed by atoms with Crippen LogP contribution >= 0.6 is 15.9 Å². The van der Waals surface area contributed by atoms with Crippen LogP contribution in [0.5, 0.6) is 0 Å². The molecule has 0 aromatic heterocycles. The molecule has 0 atom stereocenters. The fraction of sp³-hybridized carbons (Fsp3) is 0.833. The SMILES string of the molecule is CCCC/C=C(\Br)[B]C(C)(C)C(C)C. The summed E-state index contributed by atoms with van der Waals surface area (Å²) in [5, 5.41) is 0.279. The van der Waals surface area contributed by atoms with Gasteiger partial charge in [0, 0.05) is 0 Å². The molecule has 0 fully saturated rings. The van der Waals surface area contributed by atoms with Crippen LogP contribution in [-0.2, 0) is 0 Å². The minimum Gasteiger partial charge on any atom is -0.0841 e. The number of hydrogen-bond acceptors (Lipinski definition) is 0. The van der Waals surface area contributed by atoms with Gasteiger partial charge in [0.05, 0.1) is 0 Å². The van der Waals surface area contributed by atoms with Crippen molar-refractivity contribution in [2.75, 3.05) is 0 Å². The summed E-state index contributed by atoms with van der Waals surface area (Å²) in [7, 11) is 2.33. The van der Waals surface area contributed by atoms with Crippen molar-refractivity contribution in [3.05, 3.63) is 10.5 Å². The molecular weight excluding hydrogens is 235 g/mol. The van der Waals surface area contributed by atoms with Crippen LogP contribution in [0, 0.1) is 5.92 Å². The van der Waals surface area contributed by atoms with Crippen molar-refractivity contribution in [3.63, 3.8) is 0 Å². The highest BCUT2D eigenvalue weighted by Crippen LogP contribution is 2.35. The van der Waals surface area contributed by atoms with Gasteiger partial charge < -0.3 is 0 Å².